The molecule has 1 aromatic carbocycles. The molecular weight excluding hydrogens is 259 g/mol. The summed E-state index contributed by atoms with van der Waals surface area (Å²) in [5.74, 6) is -0.246. The fourth-order valence-corrected chi connectivity index (χ4v) is 1.91. The first kappa shape index (κ1) is 16.4. The molecule has 0 spiro atoms. The molecule has 2 unspecified atom stereocenters. The summed E-state index contributed by atoms with van der Waals surface area (Å²) in [6.07, 6.45) is 0.845. The zero-order chi connectivity index (χ0) is 15.3. The van der Waals surface area contributed by atoms with Crippen molar-refractivity contribution in [3.63, 3.8) is 0 Å². The maximum absolute atomic E-state index is 13.6. The molecule has 0 aliphatic carbocycles. The molecule has 0 aliphatic rings. The van der Waals surface area contributed by atoms with E-state index in [1.807, 2.05) is 13.8 Å². The van der Waals surface area contributed by atoms with E-state index < -0.39 is 11.9 Å². The highest BCUT2D eigenvalue weighted by molar-refractivity contribution is 5.81. The van der Waals surface area contributed by atoms with E-state index in [0.29, 0.717) is 12.1 Å². The number of likely N-dealkylation sites (N-methyl/N-ethyl adjacent to an activating group) is 1. The highest BCUT2D eigenvalue weighted by Gasteiger charge is 2.22. The summed E-state index contributed by atoms with van der Waals surface area (Å²) in [4.78, 5) is 13.7. The van der Waals surface area contributed by atoms with Crippen molar-refractivity contribution < 1.29 is 13.9 Å². The van der Waals surface area contributed by atoms with Crippen LogP contribution in [0.5, 0.6) is 5.75 Å². The van der Waals surface area contributed by atoms with Crippen LogP contribution in [-0.4, -0.2) is 31.0 Å². The highest BCUT2D eigenvalue weighted by atomic mass is 19.1. The van der Waals surface area contributed by atoms with Crippen LogP contribution in [0.2, 0.25) is 0 Å². The van der Waals surface area contributed by atoms with Crippen molar-refractivity contribution in [1.29, 1.82) is 0 Å². The van der Waals surface area contributed by atoms with Crippen LogP contribution < -0.4 is 10.5 Å². The lowest BCUT2D eigenvalue weighted by Crippen LogP contribution is -2.45. The number of halogens is 1. The molecule has 5 heteroatoms. The summed E-state index contributed by atoms with van der Waals surface area (Å²) < 4.78 is 18.5. The average molecular weight is 282 g/mol. The van der Waals surface area contributed by atoms with E-state index in [2.05, 4.69) is 0 Å². The number of methoxy groups -OCH3 is 1. The van der Waals surface area contributed by atoms with Gasteiger partial charge in [0.05, 0.1) is 13.2 Å². The molecule has 112 valence electrons. The van der Waals surface area contributed by atoms with Gasteiger partial charge in [0.25, 0.3) is 0 Å². The number of rotatable bonds is 6. The van der Waals surface area contributed by atoms with E-state index in [-0.39, 0.29) is 17.6 Å². The first-order chi connectivity index (χ1) is 9.40. The van der Waals surface area contributed by atoms with Crippen LogP contribution in [0.4, 0.5) is 4.39 Å². The average Bonchev–Trinajstić information content (AvgIpc) is 2.44. The number of nitrogens with two attached hydrogens (primary N) is 1. The fourth-order valence-electron chi connectivity index (χ4n) is 1.91. The molecule has 20 heavy (non-hydrogen) atoms. The molecule has 0 heterocycles. The number of amides is 1. The van der Waals surface area contributed by atoms with Gasteiger partial charge >= 0.3 is 0 Å². The normalized spacial score (nSPS) is 13.7. The van der Waals surface area contributed by atoms with E-state index >= 15 is 0 Å². The molecule has 2 N–H and O–H groups in total. The van der Waals surface area contributed by atoms with Crippen molar-refractivity contribution in [3.8, 4) is 5.75 Å². The Labute approximate surface area is 119 Å². The smallest absolute Gasteiger partial charge is 0.239 e. The Morgan fingerprint density at radius 2 is 2.15 bits per heavy atom. The molecular formula is C15H23FN2O2. The molecule has 4 nitrogen and oxygen atoms in total. The van der Waals surface area contributed by atoms with Gasteiger partial charge in [-0.1, -0.05) is 26.3 Å². The zero-order valence-corrected chi connectivity index (χ0v) is 12.5. The van der Waals surface area contributed by atoms with Crippen molar-refractivity contribution >= 4 is 5.91 Å². The molecule has 1 amide bonds. The molecule has 0 bridgehead atoms. The van der Waals surface area contributed by atoms with Gasteiger partial charge in [-0.3, -0.25) is 4.79 Å². The quantitative estimate of drug-likeness (QED) is 0.870. The Balaban J connectivity index is 2.73. The molecule has 0 saturated carbocycles. The third-order valence-electron chi connectivity index (χ3n) is 3.55. The lowest BCUT2D eigenvalue weighted by atomic mass is 9.99. The minimum Gasteiger partial charge on any atom is -0.494 e. The van der Waals surface area contributed by atoms with Crippen LogP contribution >= 0.6 is 0 Å². The number of carbonyl (C=O) groups excluding carboxylic acids is 1. The summed E-state index contributed by atoms with van der Waals surface area (Å²) in [5.41, 5.74) is 6.62. The molecule has 0 aliphatic heterocycles. The monoisotopic (exact) mass is 282 g/mol. The van der Waals surface area contributed by atoms with Crippen LogP contribution in [0.15, 0.2) is 18.2 Å². The molecule has 0 aromatic heterocycles. The fraction of sp³-hybridized carbons (Fsp3) is 0.533. The maximum Gasteiger partial charge on any atom is 0.239 e. The van der Waals surface area contributed by atoms with Gasteiger partial charge in [-0.25, -0.2) is 4.39 Å². The predicted octanol–water partition coefficient (Wildman–Crippen LogP) is 2.17. The molecule has 0 radical (unpaired) electrons. The number of benzene rings is 1. The maximum atomic E-state index is 13.6. The van der Waals surface area contributed by atoms with Gasteiger partial charge in [0, 0.05) is 13.6 Å². The molecule has 1 rings (SSSR count). The minimum absolute atomic E-state index is 0.123. The molecule has 1 aromatic rings. The molecule has 2 atom stereocenters. The Kier molecular flexibility index (Phi) is 5.95. The van der Waals surface area contributed by atoms with Crippen LogP contribution in [0.1, 0.15) is 25.8 Å². The minimum atomic E-state index is -0.520. The molecule has 0 saturated heterocycles. The van der Waals surface area contributed by atoms with Gasteiger partial charge in [0.2, 0.25) is 5.91 Å². The second-order valence-electron chi connectivity index (χ2n) is 5.07. The summed E-state index contributed by atoms with van der Waals surface area (Å²) in [6, 6.07) is 4.14. The lowest BCUT2D eigenvalue weighted by Gasteiger charge is -2.24. The van der Waals surface area contributed by atoms with Crippen LogP contribution in [-0.2, 0) is 11.3 Å². The Morgan fingerprint density at radius 1 is 1.50 bits per heavy atom. The lowest BCUT2D eigenvalue weighted by molar-refractivity contribution is -0.132. The van der Waals surface area contributed by atoms with Crippen molar-refractivity contribution in [3.05, 3.63) is 29.6 Å². The van der Waals surface area contributed by atoms with E-state index in [4.69, 9.17) is 10.5 Å². The first-order valence-corrected chi connectivity index (χ1v) is 6.73. The van der Waals surface area contributed by atoms with E-state index in [1.165, 1.54) is 18.1 Å². The number of carbonyl (C=O) groups is 1. The Hall–Kier alpha value is -1.62. The zero-order valence-electron chi connectivity index (χ0n) is 12.5. The van der Waals surface area contributed by atoms with Crippen molar-refractivity contribution in [1.82, 2.24) is 4.90 Å². The number of ether oxygens (including phenoxy) is 1. The summed E-state index contributed by atoms with van der Waals surface area (Å²) in [6.45, 7) is 4.27. The van der Waals surface area contributed by atoms with Gasteiger partial charge < -0.3 is 15.4 Å². The van der Waals surface area contributed by atoms with Gasteiger partial charge in [-0.05, 0) is 23.6 Å². The second kappa shape index (κ2) is 7.24. The summed E-state index contributed by atoms with van der Waals surface area (Å²) >= 11 is 0. The van der Waals surface area contributed by atoms with Gasteiger partial charge in [-0.15, -0.1) is 0 Å². The second-order valence-corrected chi connectivity index (χ2v) is 5.07. The number of nitrogens with zero attached hydrogens (tertiary/aromatic N) is 1. The third-order valence-corrected chi connectivity index (χ3v) is 3.55. The highest BCUT2D eigenvalue weighted by Crippen LogP contribution is 2.19. The topological polar surface area (TPSA) is 55.6 Å². The van der Waals surface area contributed by atoms with Gasteiger partial charge in [0.1, 0.15) is 0 Å². The van der Waals surface area contributed by atoms with Gasteiger partial charge in [0.15, 0.2) is 11.6 Å². The van der Waals surface area contributed by atoms with Crippen molar-refractivity contribution in [2.45, 2.75) is 32.9 Å². The van der Waals surface area contributed by atoms with E-state index in [9.17, 15) is 9.18 Å². The first-order valence-electron chi connectivity index (χ1n) is 6.73. The van der Waals surface area contributed by atoms with E-state index in [1.54, 1.807) is 19.2 Å². The van der Waals surface area contributed by atoms with E-state index in [0.717, 1.165) is 6.42 Å². The van der Waals surface area contributed by atoms with Crippen LogP contribution in [0, 0.1) is 11.7 Å². The van der Waals surface area contributed by atoms with Gasteiger partial charge in [-0.2, -0.15) is 0 Å². The Morgan fingerprint density at radius 3 is 2.65 bits per heavy atom. The van der Waals surface area contributed by atoms with Crippen molar-refractivity contribution in [2.24, 2.45) is 11.7 Å². The van der Waals surface area contributed by atoms with Crippen LogP contribution in [0.25, 0.3) is 0 Å². The summed E-state index contributed by atoms with van der Waals surface area (Å²) in [7, 11) is 3.09. The predicted molar refractivity (Wildman–Crippen MR) is 76.9 cm³/mol. The number of hydrogen-bond donors (Lipinski definition) is 1. The van der Waals surface area contributed by atoms with Crippen LogP contribution in [0.3, 0.4) is 0 Å². The standard InChI is InChI=1S/C15H23FN2O2/c1-5-10(2)14(17)15(19)18(3)9-11-6-7-13(20-4)12(16)8-11/h6-8,10,14H,5,9,17H2,1-4H3. The third kappa shape index (κ3) is 3.93. The largest absolute Gasteiger partial charge is 0.494 e. The summed E-state index contributed by atoms with van der Waals surface area (Å²) in [5, 5.41) is 0. The molecule has 0 fully saturated rings. The van der Waals surface area contributed by atoms with Crippen molar-refractivity contribution in [2.75, 3.05) is 14.2 Å². The number of hydrogen-bond acceptors (Lipinski definition) is 3. The Bertz CT molecular complexity index is 465. The SMILES string of the molecule is CCC(C)C(N)C(=O)N(C)Cc1ccc(OC)c(F)c1.